The van der Waals surface area contributed by atoms with Crippen molar-refractivity contribution in [2.45, 2.75) is 0 Å². The van der Waals surface area contributed by atoms with E-state index in [1.807, 2.05) is 0 Å². The Balaban J connectivity index is 2.03. The van der Waals surface area contributed by atoms with Gasteiger partial charge in [-0.15, -0.1) is 0 Å². The Hall–Kier alpha value is -1.82. The summed E-state index contributed by atoms with van der Waals surface area (Å²) in [5.41, 5.74) is 0. The molecule has 1 aromatic heterocycles. The molecule has 0 N–H and O–H groups in total. The fourth-order valence-corrected chi connectivity index (χ4v) is 1.44. The van der Waals surface area contributed by atoms with Gasteiger partial charge in [-0.1, -0.05) is 0 Å². The molecule has 1 aromatic rings. The molecule has 0 bridgehead atoms. The number of carbonyl (C=O) groups excluding carboxylic acids is 2. The van der Waals surface area contributed by atoms with Gasteiger partial charge in [-0.05, 0) is 23.7 Å². The first kappa shape index (κ1) is 10.7. The molecule has 3 amide bonds. The second-order valence-corrected chi connectivity index (χ2v) is 3.39. The van der Waals surface area contributed by atoms with Crippen LogP contribution in [0, 0.1) is 0 Å². The number of halogens is 1. The minimum atomic E-state index is -0.791. The molecule has 16 heavy (non-hydrogen) atoms. The summed E-state index contributed by atoms with van der Waals surface area (Å²) >= 11 is 5.21. The molecular formula is C9H8ClN3O3. The van der Waals surface area contributed by atoms with Gasteiger partial charge >= 0.3 is 11.4 Å². The summed E-state index contributed by atoms with van der Waals surface area (Å²) in [6.45, 7) is 0.575. The zero-order valence-corrected chi connectivity index (χ0v) is 8.92. The minimum absolute atomic E-state index is 0.247. The zero-order chi connectivity index (χ0) is 11.5. The largest absolute Gasteiger partial charge is 0.463 e. The van der Waals surface area contributed by atoms with Crippen LogP contribution in [0.2, 0.25) is 0 Å². The Morgan fingerprint density at radius 1 is 1.56 bits per heavy atom. The molecule has 0 spiro atoms. The summed E-state index contributed by atoms with van der Waals surface area (Å²) < 4.78 is 5.01. The summed E-state index contributed by atoms with van der Waals surface area (Å²) in [5.74, 6) is 0.531. The Bertz CT molecular complexity index is 429. The molecule has 0 aromatic carbocycles. The van der Waals surface area contributed by atoms with Crippen molar-refractivity contribution < 1.29 is 14.0 Å². The molecule has 84 valence electrons. The van der Waals surface area contributed by atoms with Crippen molar-refractivity contribution in [1.82, 2.24) is 9.91 Å². The number of hydrogen-bond donors (Lipinski definition) is 0. The maximum Gasteiger partial charge on any atom is 0.348 e. The van der Waals surface area contributed by atoms with Crippen LogP contribution >= 0.6 is 11.6 Å². The van der Waals surface area contributed by atoms with Crippen LogP contribution in [-0.2, 0) is 0 Å². The number of furan rings is 1. The first-order valence-corrected chi connectivity index (χ1v) is 4.92. The van der Waals surface area contributed by atoms with Gasteiger partial charge < -0.3 is 4.42 Å². The van der Waals surface area contributed by atoms with Crippen molar-refractivity contribution in [3.63, 3.8) is 0 Å². The van der Waals surface area contributed by atoms with Gasteiger partial charge in [-0.25, -0.2) is 14.7 Å². The van der Waals surface area contributed by atoms with Crippen LogP contribution < -0.4 is 0 Å². The molecule has 2 rings (SSSR count). The van der Waals surface area contributed by atoms with E-state index in [4.69, 9.17) is 16.0 Å². The number of amides is 3. The highest BCUT2D eigenvalue weighted by molar-refractivity contribution is 6.64. The van der Waals surface area contributed by atoms with Gasteiger partial charge in [0.05, 0.1) is 25.6 Å². The maximum absolute atomic E-state index is 11.5. The number of hydrazone groups is 1. The molecule has 2 heterocycles. The molecule has 0 atom stereocenters. The van der Waals surface area contributed by atoms with Gasteiger partial charge in [0, 0.05) is 0 Å². The summed E-state index contributed by atoms with van der Waals surface area (Å²) in [7, 11) is 0. The van der Waals surface area contributed by atoms with Crippen molar-refractivity contribution in [2.24, 2.45) is 5.10 Å². The van der Waals surface area contributed by atoms with Crippen molar-refractivity contribution in [1.29, 1.82) is 0 Å². The summed E-state index contributed by atoms with van der Waals surface area (Å²) in [6.07, 6.45) is 2.90. The Morgan fingerprint density at radius 2 is 2.38 bits per heavy atom. The lowest BCUT2D eigenvalue weighted by Gasteiger charge is -2.09. The lowest BCUT2D eigenvalue weighted by atomic mass is 10.5. The summed E-state index contributed by atoms with van der Waals surface area (Å²) in [4.78, 5) is 23.2. The van der Waals surface area contributed by atoms with Crippen LogP contribution in [0.3, 0.4) is 0 Å². The molecule has 1 aliphatic heterocycles. The van der Waals surface area contributed by atoms with E-state index in [0.29, 0.717) is 12.3 Å². The van der Waals surface area contributed by atoms with Gasteiger partial charge in [0.25, 0.3) is 0 Å². The maximum atomic E-state index is 11.5. The molecular weight excluding hydrogens is 234 g/mol. The first-order chi connectivity index (χ1) is 7.68. The van der Waals surface area contributed by atoms with E-state index in [2.05, 4.69) is 5.10 Å². The predicted octanol–water partition coefficient (Wildman–Crippen LogP) is 1.71. The number of nitrogens with zero attached hydrogens (tertiary/aromatic N) is 3. The minimum Gasteiger partial charge on any atom is -0.463 e. The fourth-order valence-electron chi connectivity index (χ4n) is 1.29. The topological polar surface area (TPSA) is 66.1 Å². The Labute approximate surface area is 96.1 Å². The Kier molecular flexibility index (Phi) is 2.91. The van der Waals surface area contributed by atoms with Gasteiger partial charge in [0.2, 0.25) is 0 Å². The van der Waals surface area contributed by atoms with Crippen molar-refractivity contribution in [3.8, 4) is 0 Å². The van der Waals surface area contributed by atoms with E-state index >= 15 is 0 Å². The summed E-state index contributed by atoms with van der Waals surface area (Å²) in [5, 5.41) is 4.26. The quantitative estimate of drug-likeness (QED) is 0.450. The lowest BCUT2D eigenvalue weighted by Crippen LogP contribution is -2.30. The van der Waals surface area contributed by atoms with Gasteiger partial charge in [0.15, 0.2) is 0 Å². The number of imide groups is 1. The molecule has 1 fully saturated rings. The number of carbonyl (C=O) groups is 2. The smallest absolute Gasteiger partial charge is 0.348 e. The van der Waals surface area contributed by atoms with E-state index < -0.39 is 11.4 Å². The highest BCUT2D eigenvalue weighted by atomic mass is 35.5. The van der Waals surface area contributed by atoms with Gasteiger partial charge in [-0.2, -0.15) is 5.10 Å². The van der Waals surface area contributed by atoms with Crippen molar-refractivity contribution in [3.05, 3.63) is 24.2 Å². The third-order valence-electron chi connectivity index (χ3n) is 2.07. The van der Waals surface area contributed by atoms with Crippen LogP contribution in [-0.4, -0.2) is 40.6 Å². The molecule has 0 saturated carbocycles. The zero-order valence-electron chi connectivity index (χ0n) is 8.17. The highest BCUT2D eigenvalue weighted by Gasteiger charge is 2.32. The van der Waals surface area contributed by atoms with Crippen LogP contribution in [0.1, 0.15) is 5.76 Å². The van der Waals surface area contributed by atoms with Crippen LogP contribution in [0.15, 0.2) is 27.9 Å². The van der Waals surface area contributed by atoms with Gasteiger partial charge in [-0.3, -0.25) is 4.79 Å². The molecule has 0 unspecified atom stereocenters. The number of urea groups is 1. The summed E-state index contributed by atoms with van der Waals surface area (Å²) in [6, 6.07) is 2.89. The van der Waals surface area contributed by atoms with Crippen molar-refractivity contribution in [2.75, 3.05) is 13.1 Å². The average molecular weight is 242 g/mol. The van der Waals surface area contributed by atoms with E-state index in [9.17, 15) is 9.59 Å². The average Bonchev–Trinajstić information content (AvgIpc) is 2.84. The molecule has 7 heteroatoms. The van der Waals surface area contributed by atoms with Crippen LogP contribution in [0.5, 0.6) is 0 Å². The highest BCUT2D eigenvalue weighted by Crippen LogP contribution is 2.11. The van der Waals surface area contributed by atoms with Crippen molar-refractivity contribution >= 4 is 29.2 Å². The van der Waals surface area contributed by atoms with E-state index in [0.717, 1.165) is 9.91 Å². The molecule has 0 aliphatic carbocycles. The number of rotatable bonds is 2. The predicted molar refractivity (Wildman–Crippen MR) is 56.4 cm³/mol. The van der Waals surface area contributed by atoms with Crippen LogP contribution in [0.4, 0.5) is 9.59 Å². The molecule has 1 aliphatic rings. The fraction of sp³-hybridized carbons (Fsp3) is 0.222. The SMILES string of the molecule is O=C(Cl)N1CCN(/N=C\c2ccco2)C1=O. The third-order valence-corrected chi connectivity index (χ3v) is 2.27. The van der Waals surface area contributed by atoms with E-state index in [1.165, 1.54) is 12.5 Å². The Morgan fingerprint density at radius 3 is 2.94 bits per heavy atom. The van der Waals surface area contributed by atoms with Gasteiger partial charge in [0.1, 0.15) is 5.76 Å². The van der Waals surface area contributed by atoms with Crippen LogP contribution in [0.25, 0.3) is 0 Å². The second-order valence-electron chi connectivity index (χ2n) is 3.07. The molecule has 0 radical (unpaired) electrons. The molecule has 6 nitrogen and oxygen atoms in total. The standard InChI is InChI=1S/C9H8ClN3O3/c10-8(14)12-3-4-13(9(12)15)11-6-7-2-1-5-16-7/h1-2,5-6H,3-4H2/b11-6-. The normalized spacial score (nSPS) is 16.4. The number of hydrogen-bond acceptors (Lipinski definition) is 4. The monoisotopic (exact) mass is 241 g/mol. The third kappa shape index (κ3) is 2.06. The van der Waals surface area contributed by atoms with E-state index in [1.54, 1.807) is 12.1 Å². The molecule has 1 saturated heterocycles. The lowest BCUT2D eigenvalue weighted by molar-refractivity contribution is 0.195. The second kappa shape index (κ2) is 4.36. The van der Waals surface area contributed by atoms with E-state index in [-0.39, 0.29) is 6.54 Å². The first-order valence-electron chi connectivity index (χ1n) is 4.54.